The van der Waals surface area contributed by atoms with Crippen molar-refractivity contribution in [2.24, 2.45) is 0 Å². The van der Waals surface area contributed by atoms with Gasteiger partial charge in [-0.1, -0.05) is 43.5 Å². The molecule has 1 heterocycles. The molecule has 1 N–H and O–H groups in total. The van der Waals surface area contributed by atoms with Crippen LogP contribution in [-0.2, 0) is 17.6 Å². The predicted molar refractivity (Wildman–Crippen MR) is 85.6 cm³/mol. The molecule has 2 heteroatoms. The molecule has 1 saturated carbocycles. The van der Waals surface area contributed by atoms with Crippen LogP contribution < -0.4 is 5.32 Å². The van der Waals surface area contributed by atoms with Gasteiger partial charge in [-0.2, -0.15) is 0 Å². The Morgan fingerprint density at radius 3 is 2.38 bits per heavy atom. The molecular weight excluding hydrogens is 258 g/mol. The molecule has 0 radical (unpaired) electrons. The number of ether oxygens (including phenoxy) is 1. The Labute approximate surface area is 128 Å². The number of hydrogen-bond acceptors (Lipinski definition) is 2. The Balaban J connectivity index is 1.37. The molecule has 2 fully saturated rings. The second-order valence-corrected chi connectivity index (χ2v) is 7.32. The van der Waals surface area contributed by atoms with Gasteiger partial charge in [0, 0.05) is 18.7 Å². The number of benzene rings is 1. The van der Waals surface area contributed by atoms with Crippen LogP contribution >= 0.6 is 0 Å². The summed E-state index contributed by atoms with van der Waals surface area (Å²) in [5.74, 6) is 0. The quantitative estimate of drug-likeness (QED) is 0.896. The zero-order valence-electron chi connectivity index (χ0n) is 12.9. The number of nitrogens with one attached hydrogen (secondary N) is 1. The van der Waals surface area contributed by atoms with Crippen molar-refractivity contribution in [3.05, 3.63) is 35.4 Å². The molecule has 1 unspecified atom stereocenters. The van der Waals surface area contributed by atoms with Gasteiger partial charge in [0.2, 0.25) is 0 Å². The van der Waals surface area contributed by atoms with Crippen molar-refractivity contribution < 1.29 is 4.74 Å². The van der Waals surface area contributed by atoms with Crippen molar-refractivity contribution >= 4 is 0 Å². The van der Waals surface area contributed by atoms with Crippen molar-refractivity contribution in [1.82, 2.24) is 5.32 Å². The Morgan fingerprint density at radius 1 is 0.952 bits per heavy atom. The standard InChI is InChI=1S/C19H27NO/c1-4-9-19(10-5-1)14-17(8-11-21-19)20-18-12-15-6-2-3-7-16(15)13-18/h2-3,6-7,17-18,20H,1,4-5,8-14H2. The SMILES string of the molecule is c1ccc2c(c1)CC(NC1CCOC3(CCCCC3)C1)C2. The highest BCUT2D eigenvalue weighted by atomic mass is 16.5. The third-order valence-corrected chi connectivity index (χ3v) is 5.78. The molecule has 1 aromatic rings. The first kappa shape index (κ1) is 13.8. The fourth-order valence-corrected chi connectivity index (χ4v) is 4.72. The summed E-state index contributed by atoms with van der Waals surface area (Å²) in [4.78, 5) is 0. The lowest BCUT2D eigenvalue weighted by atomic mass is 9.78. The van der Waals surface area contributed by atoms with Gasteiger partial charge in [-0.3, -0.25) is 0 Å². The summed E-state index contributed by atoms with van der Waals surface area (Å²) >= 11 is 0. The maximum Gasteiger partial charge on any atom is 0.0697 e. The minimum Gasteiger partial charge on any atom is -0.375 e. The monoisotopic (exact) mass is 285 g/mol. The molecule has 21 heavy (non-hydrogen) atoms. The lowest BCUT2D eigenvalue weighted by molar-refractivity contribution is -0.110. The van der Waals surface area contributed by atoms with Crippen LogP contribution in [0, 0.1) is 0 Å². The van der Waals surface area contributed by atoms with E-state index in [1.54, 1.807) is 11.1 Å². The third kappa shape index (κ3) is 2.89. The third-order valence-electron chi connectivity index (χ3n) is 5.78. The molecule has 4 rings (SSSR count). The molecule has 1 aromatic carbocycles. The maximum atomic E-state index is 6.22. The van der Waals surface area contributed by atoms with Crippen molar-refractivity contribution in [2.45, 2.75) is 75.5 Å². The second kappa shape index (κ2) is 5.73. The maximum absolute atomic E-state index is 6.22. The van der Waals surface area contributed by atoms with Gasteiger partial charge >= 0.3 is 0 Å². The van der Waals surface area contributed by atoms with Crippen LogP contribution in [0.1, 0.15) is 56.1 Å². The molecule has 0 aromatic heterocycles. The predicted octanol–water partition coefficient (Wildman–Crippen LogP) is 3.63. The Hall–Kier alpha value is -0.860. The number of fused-ring (bicyclic) bond motifs is 1. The van der Waals surface area contributed by atoms with Gasteiger partial charge in [0.25, 0.3) is 0 Å². The summed E-state index contributed by atoms with van der Waals surface area (Å²) in [7, 11) is 0. The van der Waals surface area contributed by atoms with Crippen LogP contribution in [0.3, 0.4) is 0 Å². The Bertz CT molecular complexity index is 462. The van der Waals surface area contributed by atoms with Gasteiger partial charge in [0.05, 0.1) is 5.60 Å². The van der Waals surface area contributed by atoms with Gasteiger partial charge < -0.3 is 10.1 Å². The first-order chi connectivity index (χ1) is 10.3. The Morgan fingerprint density at radius 2 is 1.67 bits per heavy atom. The molecule has 114 valence electrons. The molecule has 1 atom stereocenters. The molecule has 2 nitrogen and oxygen atoms in total. The van der Waals surface area contributed by atoms with Crippen LogP contribution in [0.25, 0.3) is 0 Å². The van der Waals surface area contributed by atoms with Gasteiger partial charge in [0.15, 0.2) is 0 Å². The minimum atomic E-state index is 0.222. The minimum absolute atomic E-state index is 0.222. The smallest absolute Gasteiger partial charge is 0.0697 e. The zero-order chi connectivity index (χ0) is 14.1. The van der Waals surface area contributed by atoms with E-state index in [1.807, 2.05) is 0 Å². The van der Waals surface area contributed by atoms with E-state index in [2.05, 4.69) is 29.6 Å². The van der Waals surface area contributed by atoms with E-state index in [1.165, 1.54) is 57.8 Å². The van der Waals surface area contributed by atoms with Crippen LogP contribution in [0.4, 0.5) is 0 Å². The molecule has 0 bridgehead atoms. The van der Waals surface area contributed by atoms with Crippen LogP contribution in [0.5, 0.6) is 0 Å². The van der Waals surface area contributed by atoms with E-state index < -0.39 is 0 Å². The number of rotatable bonds is 2. The lowest BCUT2D eigenvalue weighted by Crippen LogP contribution is -2.50. The normalized spacial score (nSPS) is 28.7. The topological polar surface area (TPSA) is 21.3 Å². The largest absolute Gasteiger partial charge is 0.375 e. The highest BCUT2D eigenvalue weighted by molar-refractivity contribution is 5.33. The first-order valence-corrected chi connectivity index (χ1v) is 8.80. The summed E-state index contributed by atoms with van der Waals surface area (Å²) in [5, 5.41) is 3.96. The molecular formula is C19H27NO. The summed E-state index contributed by atoms with van der Waals surface area (Å²) in [6.45, 7) is 0.956. The van der Waals surface area contributed by atoms with E-state index in [0.717, 1.165) is 6.61 Å². The molecule has 1 saturated heterocycles. The van der Waals surface area contributed by atoms with Crippen LogP contribution in [-0.4, -0.2) is 24.3 Å². The Kier molecular flexibility index (Phi) is 3.76. The van der Waals surface area contributed by atoms with Crippen LogP contribution in [0.2, 0.25) is 0 Å². The lowest BCUT2D eigenvalue weighted by Gasteiger charge is -2.44. The number of hydrogen-bond donors (Lipinski definition) is 1. The average Bonchev–Trinajstić information content (AvgIpc) is 2.90. The zero-order valence-corrected chi connectivity index (χ0v) is 12.9. The van der Waals surface area contributed by atoms with E-state index in [9.17, 15) is 0 Å². The van der Waals surface area contributed by atoms with E-state index in [0.29, 0.717) is 12.1 Å². The average molecular weight is 285 g/mol. The van der Waals surface area contributed by atoms with Crippen molar-refractivity contribution in [1.29, 1.82) is 0 Å². The van der Waals surface area contributed by atoms with Gasteiger partial charge in [0.1, 0.15) is 0 Å². The van der Waals surface area contributed by atoms with Crippen molar-refractivity contribution in [2.75, 3.05) is 6.61 Å². The fourth-order valence-electron chi connectivity index (χ4n) is 4.72. The van der Waals surface area contributed by atoms with E-state index >= 15 is 0 Å². The first-order valence-electron chi connectivity index (χ1n) is 8.80. The molecule has 0 amide bonds. The highest BCUT2D eigenvalue weighted by Crippen LogP contribution is 2.38. The van der Waals surface area contributed by atoms with Crippen molar-refractivity contribution in [3.63, 3.8) is 0 Å². The molecule has 3 aliphatic rings. The highest BCUT2D eigenvalue weighted by Gasteiger charge is 2.39. The van der Waals surface area contributed by atoms with Gasteiger partial charge in [-0.15, -0.1) is 0 Å². The summed E-state index contributed by atoms with van der Waals surface area (Å²) in [5.41, 5.74) is 3.32. The van der Waals surface area contributed by atoms with E-state index in [4.69, 9.17) is 4.74 Å². The fraction of sp³-hybridized carbons (Fsp3) is 0.684. The van der Waals surface area contributed by atoms with Gasteiger partial charge in [-0.05, 0) is 49.7 Å². The molecule has 1 spiro atoms. The molecule has 1 aliphatic heterocycles. The van der Waals surface area contributed by atoms with Gasteiger partial charge in [-0.25, -0.2) is 0 Å². The summed E-state index contributed by atoms with van der Waals surface area (Å²) in [6.07, 6.45) is 11.5. The van der Waals surface area contributed by atoms with Crippen molar-refractivity contribution in [3.8, 4) is 0 Å². The summed E-state index contributed by atoms with van der Waals surface area (Å²) < 4.78 is 6.22. The van der Waals surface area contributed by atoms with Crippen LogP contribution in [0.15, 0.2) is 24.3 Å². The molecule has 2 aliphatic carbocycles. The second-order valence-electron chi connectivity index (χ2n) is 7.32. The summed E-state index contributed by atoms with van der Waals surface area (Å²) in [6, 6.07) is 10.2. The van der Waals surface area contributed by atoms with E-state index in [-0.39, 0.29) is 5.60 Å².